The van der Waals surface area contributed by atoms with Crippen LogP contribution in [-0.2, 0) is 19.7 Å². The van der Waals surface area contributed by atoms with E-state index in [4.69, 9.17) is 15.9 Å². The normalized spacial score (nSPS) is 19.1. The second-order valence-electron chi connectivity index (χ2n) is 11.6. The second kappa shape index (κ2) is 11.7. The van der Waals surface area contributed by atoms with E-state index < -0.39 is 6.04 Å². The van der Waals surface area contributed by atoms with Gasteiger partial charge in [0.2, 0.25) is 11.8 Å². The minimum atomic E-state index is -0.678. The molecule has 3 atom stereocenters. The first-order valence-electron chi connectivity index (χ1n) is 14.1. The van der Waals surface area contributed by atoms with Gasteiger partial charge in [-0.2, -0.15) is 0 Å². The number of likely N-dealkylation sites (tertiary alicyclic amines) is 1. The highest BCUT2D eigenvalue weighted by molar-refractivity contribution is 7.10. The van der Waals surface area contributed by atoms with Crippen molar-refractivity contribution >= 4 is 34.9 Å². The summed E-state index contributed by atoms with van der Waals surface area (Å²) < 4.78 is 5.32. The summed E-state index contributed by atoms with van der Waals surface area (Å²) in [6, 6.07) is 14.7. The van der Waals surface area contributed by atoms with E-state index in [1.54, 1.807) is 29.5 Å². The minimum Gasteiger partial charge on any atom is -0.384 e. The third-order valence-electron chi connectivity index (χ3n) is 8.38. The predicted molar refractivity (Wildman–Crippen MR) is 164 cm³/mol. The molecule has 3 aromatic rings. The van der Waals surface area contributed by atoms with Gasteiger partial charge in [0.25, 0.3) is 5.91 Å². The third kappa shape index (κ3) is 5.56. The standard InChI is InChI=1S/C32H37N5O4S/c1-18(27-13-21(17-42-27)29(33)34)36-31(40)26-11-19(16-41-4)15-37(26)28(38)14-35-30(39)20-9-10-25-23(12-20)22-7-5-6-8-24(22)32(25,2)3/h5-10,12-13,17-19,26H,11,14-16H2,1-4H3,(H3,33,34)(H,35,39)(H,36,40)/t18-,19?,26?/m1/s1. The highest BCUT2D eigenvalue weighted by Crippen LogP contribution is 2.48. The smallest absolute Gasteiger partial charge is 0.251 e. The first-order chi connectivity index (χ1) is 20.0. The monoisotopic (exact) mass is 587 g/mol. The van der Waals surface area contributed by atoms with Crippen molar-refractivity contribution in [3.05, 3.63) is 81.0 Å². The van der Waals surface area contributed by atoms with Gasteiger partial charge in [-0.25, -0.2) is 0 Å². The molecule has 1 aliphatic heterocycles. The number of hydrogen-bond acceptors (Lipinski definition) is 6. The minimum absolute atomic E-state index is 0.00638. The Kier molecular flexibility index (Phi) is 8.21. The molecule has 9 nitrogen and oxygen atoms in total. The number of methoxy groups -OCH3 is 1. The first kappa shape index (κ1) is 29.5. The quantitative estimate of drug-likeness (QED) is 0.223. The lowest BCUT2D eigenvalue weighted by atomic mass is 9.82. The number of benzene rings is 2. The van der Waals surface area contributed by atoms with E-state index in [1.807, 2.05) is 31.2 Å². The van der Waals surface area contributed by atoms with Crippen LogP contribution in [0, 0.1) is 11.3 Å². The van der Waals surface area contributed by atoms with E-state index in [0.29, 0.717) is 30.7 Å². The van der Waals surface area contributed by atoms with Gasteiger partial charge in [-0.15, -0.1) is 11.3 Å². The molecule has 2 heterocycles. The van der Waals surface area contributed by atoms with Crippen molar-refractivity contribution in [2.24, 2.45) is 11.7 Å². The maximum Gasteiger partial charge on any atom is 0.251 e. The lowest BCUT2D eigenvalue weighted by molar-refractivity contribution is -0.138. The van der Waals surface area contributed by atoms with Gasteiger partial charge in [0.15, 0.2) is 0 Å². The molecule has 0 saturated carbocycles. The van der Waals surface area contributed by atoms with Crippen LogP contribution >= 0.6 is 11.3 Å². The molecular weight excluding hydrogens is 550 g/mol. The molecule has 42 heavy (non-hydrogen) atoms. The number of carbonyl (C=O) groups excluding carboxylic acids is 3. The second-order valence-corrected chi connectivity index (χ2v) is 12.6. The van der Waals surface area contributed by atoms with Gasteiger partial charge in [0, 0.05) is 46.4 Å². The van der Waals surface area contributed by atoms with Crippen LogP contribution in [0.1, 0.15) is 65.2 Å². The average molecular weight is 588 g/mol. The van der Waals surface area contributed by atoms with Crippen molar-refractivity contribution in [3.8, 4) is 11.1 Å². The lowest BCUT2D eigenvalue weighted by Crippen LogP contribution is -2.49. The predicted octanol–water partition coefficient (Wildman–Crippen LogP) is 3.81. The fourth-order valence-corrected chi connectivity index (χ4v) is 7.04. The Hall–Kier alpha value is -4.02. The third-order valence-corrected chi connectivity index (χ3v) is 9.49. The summed E-state index contributed by atoms with van der Waals surface area (Å²) in [4.78, 5) is 42.3. The van der Waals surface area contributed by atoms with Crippen molar-refractivity contribution < 1.29 is 19.1 Å². The Morgan fingerprint density at radius 1 is 1.12 bits per heavy atom. The van der Waals surface area contributed by atoms with Crippen LogP contribution in [0.25, 0.3) is 11.1 Å². The largest absolute Gasteiger partial charge is 0.384 e. The van der Waals surface area contributed by atoms with E-state index in [2.05, 4.69) is 36.6 Å². The molecule has 1 aromatic heterocycles. The highest BCUT2D eigenvalue weighted by Gasteiger charge is 2.40. The molecule has 2 aliphatic rings. The van der Waals surface area contributed by atoms with Crippen LogP contribution in [0.15, 0.2) is 53.9 Å². The van der Waals surface area contributed by atoms with Crippen molar-refractivity contribution in [2.75, 3.05) is 26.8 Å². The maximum atomic E-state index is 13.4. The van der Waals surface area contributed by atoms with Gasteiger partial charge in [0.05, 0.1) is 19.2 Å². The molecule has 0 radical (unpaired) electrons. The zero-order valence-electron chi connectivity index (χ0n) is 24.3. The first-order valence-corrected chi connectivity index (χ1v) is 14.9. The number of ether oxygens (including phenoxy) is 1. The Balaban J connectivity index is 1.26. The Bertz CT molecular complexity index is 1550. The number of fused-ring (bicyclic) bond motifs is 3. The molecule has 220 valence electrons. The number of carbonyl (C=O) groups is 3. The molecule has 0 spiro atoms. The summed E-state index contributed by atoms with van der Waals surface area (Å²) in [5, 5.41) is 15.2. The number of nitrogens with one attached hydrogen (secondary N) is 3. The van der Waals surface area contributed by atoms with Crippen molar-refractivity contribution in [1.82, 2.24) is 15.5 Å². The van der Waals surface area contributed by atoms with E-state index in [9.17, 15) is 14.4 Å². The van der Waals surface area contributed by atoms with E-state index in [-0.39, 0.29) is 47.5 Å². The van der Waals surface area contributed by atoms with E-state index >= 15 is 0 Å². The van der Waals surface area contributed by atoms with Crippen LogP contribution in [0.5, 0.6) is 0 Å². The van der Waals surface area contributed by atoms with E-state index in [0.717, 1.165) is 16.0 Å². The molecule has 3 amide bonds. The van der Waals surface area contributed by atoms with Crippen LogP contribution < -0.4 is 16.4 Å². The zero-order valence-corrected chi connectivity index (χ0v) is 25.1. The number of nitrogens with two attached hydrogens (primary N) is 1. The average Bonchev–Trinajstić information content (AvgIpc) is 3.68. The Morgan fingerprint density at radius 3 is 2.57 bits per heavy atom. The summed E-state index contributed by atoms with van der Waals surface area (Å²) in [6.45, 7) is 6.80. The number of amides is 3. The fraction of sp³-hybridized carbons (Fsp3) is 0.375. The van der Waals surface area contributed by atoms with Gasteiger partial charge >= 0.3 is 0 Å². The summed E-state index contributed by atoms with van der Waals surface area (Å²) in [5.74, 6) is -0.945. The van der Waals surface area contributed by atoms with Crippen LogP contribution in [0.2, 0.25) is 0 Å². The molecule has 5 rings (SSSR count). The summed E-state index contributed by atoms with van der Waals surface area (Å²) in [7, 11) is 1.60. The van der Waals surface area contributed by atoms with Crippen molar-refractivity contribution in [3.63, 3.8) is 0 Å². The number of nitrogen functional groups attached to an aromatic ring is 1. The number of amidine groups is 1. The fourth-order valence-electron chi connectivity index (χ4n) is 6.13. The molecule has 1 aliphatic carbocycles. The molecule has 2 unspecified atom stereocenters. The lowest BCUT2D eigenvalue weighted by Gasteiger charge is -2.25. The molecule has 1 fully saturated rings. The van der Waals surface area contributed by atoms with Gasteiger partial charge in [0.1, 0.15) is 11.9 Å². The van der Waals surface area contributed by atoms with Gasteiger partial charge in [-0.05, 0) is 53.8 Å². The molecule has 1 saturated heterocycles. The number of thiophene rings is 1. The van der Waals surface area contributed by atoms with Crippen LogP contribution in [0.3, 0.4) is 0 Å². The summed E-state index contributed by atoms with van der Waals surface area (Å²) in [5.41, 5.74) is 11.1. The number of hydrogen-bond donors (Lipinski definition) is 4. The van der Waals surface area contributed by atoms with E-state index in [1.165, 1.54) is 22.5 Å². The van der Waals surface area contributed by atoms with Crippen LogP contribution in [0.4, 0.5) is 0 Å². The van der Waals surface area contributed by atoms with Crippen molar-refractivity contribution in [2.45, 2.75) is 44.7 Å². The maximum absolute atomic E-state index is 13.4. The van der Waals surface area contributed by atoms with Gasteiger partial charge in [-0.3, -0.25) is 19.8 Å². The molecule has 10 heteroatoms. The number of nitrogens with zero attached hydrogens (tertiary/aromatic N) is 1. The SMILES string of the molecule is COCC1CC(C(=O)N[C@H](C)c2cc(C(=N)N)cs2)N(C(=O)CNC(=O)c2ccc3c(c2)-c2ccccc2C3(C)C)C1. The molecule has 5 N–H and O–H groups in total. The highest BCUT2D eigenvalue weighted by atomic mass is 32.1. The number of rotatable bonds is 9. The Morgan fingerprint density at radius 2 is 1.86 bits per heavy atom. The van der Waals surface area contributed by atoms with Gasteiger partial charge < -0.3 is 26.0 Å². The Labute approximate surface area is 249 Å². The summed E-state index contributed by atoms with van der Waals surface area (Å²) >= 11 is 1.42. The molecule has 0 bridgehead atoms. The van der Waals surface area contributed by atoms with Crippen molar-refractivity contribution in [1.29, 1.82) is 5.41 Å². The topological polar surface area (TPSA) is 138 Å². The van der Waals surface area contributed by atoms with Crippen LogP contribution in [-0.4, -0.2) is 61.3 Å². The molecular formula is C32H37N5O4S. The van der Waals surface area contributed by atoms with Gasteiger partial charge in [-0.1, -0.05) is 44.2 Å². The molecule has 2 aromatic carbocycles. The summed E-state index contributed by atoms with van der Waals surface area (Å²) in [6.07, 6.45) is 0.467. The zero-order chi connectivity index (χ0) is 30.2.